The van der Waals surface area contributed by atoms with Crippen LogP contribution in [-0.2, 0) is 14.2 Å². The molecule has 0 aliphatic heterocycles. The van der Waals surface area contributed by atoms with Gasteiger partial charge in [-0.2, -0.15) is 0 Å². The molecule has 0 atom stereocenters. The van der Waals surface area contributed by atoms with E-state index in [9.17, 15) is 0 Å². The fourth-order valence-corrected chi connectivity index (χ4v) is 1.50. The molecule has 0 aliphatic rings. The second-order valence-corrected chi connectivity index (χ2v) is 3.46. The van der Waals surface area contributed by atoms with Crippen LogP contribution in [0.3, 0.4) is 0 Å². The maximum atomic E-state index is 5.20. The molecule has 0 saturated carbocycles. The summed E-state index contributed by atoms with van der Waals surface area (Å²) in [4.78, 5) is 0. The molecule has 0 saturated heterocycles. The van der Waals surface area contributed by atoms with E-state index in [1.807, 2.05) is 0 Å². The van der Waals surface area contributed by atoms with Gasteiger partial charge in [0, 0.05) is 27.8 Å². The summed E-state index contributed by atoms with van der Waals surface area (Å²) in [6.07, 6.45) is 6.94. The number of hydrogen-bond donors (Lipinski definition) is 0. The Bertz CT molecular complexity index is 113. The Balaban J connectivity index is 3.61. The summed E-state index contributed by atoms with van der Waals surface area (Å²) < 4.78 is 15.6. The molecule has 0 unspecified atom stereocenters. The van der Waals surface area contributed by atoms with Gasteiger partial charge in [0.05, 0.1) is 0 Å². The van der Waals surface area contributed by atoms with E-state index in [1.54, 1.807) is 21.3 Å². The van der Waals surface area contributed by atoms with Gasteiger partial charge in [-0.15, -0.1) is 0 Å². The van der Waals surface area contributed by atoms with Crippen molar-refractivity contribution in [1.82, 2.24) is 0 Å². The van der Waals surface area contributed by atoms with Crippen molar-refractivity contribution in [3.8, 4) is 0 Å². The SMILES string of the molecule is CCCCCCCC(OC)(OC)OC. The Labute approximate surface area is 87.7 Å². The van der Waals surface area contributed by atoms with Gasteiger partial charge >= 0.3 is 0 Å². The largest absolute Gasteiger partial charge is 0.331 e. The van der Waals surface area contributed by atoms with Crippen molar-refractivity contribution in [2.45, 2.75) is 51.4 Å². The molecule has 3 nitrogen and oxygen atoms in total. The summed E-state index contributed by atoms with van der Waals surface area (Å²) in [7, 11) is 4.83. The monoisotopic (exact) mass is 204 g/mol. The lowest BCUT2D eigenvalue weighted by atomic mass is 10.1. The molecule has 0 amide bonds. The molecular weight excluding hydrogens is 180 g/mol. The number of unbranched alkanes of at least 4 members (excludes halogenated alkanes) is 4. The van der Waals surface area contributed by atoms with Crippen LogP contribution in [0.5, 0.6) is 0 Å². The standard InChI is InChI=1S/C11H24O3/c1-5-6-7-8-9-10-11(12-2,13-3)14-4/h5-10H2,1-4H3. The molecule has 14 heavy (non-hydrogen) atoms. The minimum atomic E-state index is -0.827. The fraction of sp³-hybridized carbons (Fsp3) is 1.00. The highest BCUT2D eigenvalue weighted by Gasteiger charge is 2.28. The van der Waals surface area contributed by atoms with E-state index in [4.69, 9.17) is 14.2 Å². The third kappa shape index (κ3) is 4.94. The topological polar surface area (TPSA) is 27.7 Å². The first kappa shape index (κ1) is 13.9. The van der Waals surface area contributed by atoms with E-state index >= 15 is 0 Å². The normalized spacial score (nSPS) is 12.0. The van der Waals surface area contributed by atoms with Gasteiger partial charge in [-0.3, -0.25) is 0 Å². The van der Waals surface area contributed by atoms with Gasteiger partial charge in [0.15, 0.2) is 0 Å². The summed E-state index contributed by atoms with van der Waals surface area (Å²) in [5, 5.41) is 0. The van der Waals surface area contributed by atoms with E-state index in [0.29, 0.717) is 0 Å². The van der Waals surface area contributed by atoms with Crippen LogP contribution in [0.25, 0.3) is 0 Å². The number of rotatable bonds is 9. The Morgan fingerprint density at radius 2 is 1.29 bits per heavy atom. The summed E-state index contributed by atoms with van der Waals surface area (Å²) >= 11 is 0. The van der Waals surface area contributed by atoms with Crippen molar-refractivity contribution in [3.05, 3.63) is 0 Å². The van der Waals surface area contributed by atoms with Crippen LogP contribution in [0.15, 0.2) is 0 Å². The van der Waals surface area contributed by atoms with Crippen LogP contribution in [0, 0.1) is 0 Å². The molecule has 0 rings (SSSR count). The lowest BCUT2D eigenvalue weighted by Gasteiger charge is -2.28. The summed E-state index contributed by atoms with van der Waals surface area (Å²) in [6, 6.07) is 0. The molecule has 0 radical (unpaired) electrons. The van der Waals surface area contributed by atoms with Gasteiger partial charge in [0.1, 0.15) is 0 Å². The predicted octanol–water partition coefficient (Wildman–Crippen LogP) is 2.94. The molecule has 0 aliphatic carbocycles. The number of ether oxygens (including phenoxy) is 3. The van der Waals surface area contributed by atoms with Crippen molar-refractivity contribution in [3.63, 3.8) is 0 Å². The van der Waals surface area contributed by atoms with Gasteiger partial charge in [-0.05, 0) is 6.42 Å². The Hall–Kier alpha value is -0.120. The average molecular weight is 204 g/mol. The van der Waals surface area contributed by atoms with Crippen molar-refractivity contribution in [1.29, 1.82) is 0 Å². The van der Waals surface area contributed by atoms with Crippen molar-refractivity contribution in [2.75, 3.05) is 21.3 Å². The molecule has 0 bridgehead atoms. The van der Waals surface area contributed by atoms with Gasteiger partial charge in [0.25, 0.3) is 5.97 Å². The zero-order valence-corrected chi connectivity index (χ0v) is 9.97. The van der Waals surface area contributed by atoms with Crippen molar-refractivity contribution in [2.24, 2.45) is 0 Å². The fourth-order valence-electron chi connectivity index (χ4n) is 1.50. The smallest absolute Gasteiger partial charge is 0.282 e. The number of methoxy groups -OCH3 is 3. The van der Waals surface area contributed by atoms with Gasteiger partial charge < -0.3 is 14.2 Å². The minimum Gasteiger partial charge on any atom is -0.331 e. The second-order valence-electron chi connectivity index (χ2n) is 3.46. The summed E-state index contributed by atoms with van der Waals surface area (Å²) in [6.45, 7) is 2.21. The zero-order chi connectivity index (χ0) is 10.9. The molecule has 0 heterocycles. The van der Waals surface area contributed by atoms with Gasteiger partial charge in [0.2, 0.25) is 0 Å². The Morgan fingerprint density at radius 1 is 0.786 bits per heavy atom. The van der Waals surface area contributed by atoms with Crippen LogP contribution in [0.2, 0.25) is 0 Å². The van der Waals surface area contributed by atoms with E-state index in [1.165, 1.54) is 25.7 Å². The molecule has 0 fully saturated rings. The van der Waals surface area contributed by atoms with Crippen molar-refractivity contribution < 1.29 is 14.2 Å². The molecule has 0 aromatic rings. The molecule has 0 N–H and O–H groups in total. The van der Waals surface area contributed by atoms with E-state index in [0.717, 1.165) is 12.8 Å². The van der Waals surface area contributed by atoms with Crippen molar-refractivity contribution >= 4 is 0 Å². The Kier molecular flexibility index (Phi) is 8.14. The lowest BCUT2D eigenvalue weighted by molar-refractivity contribution is -0.355. The zero-order valence-electron chi connectivity index (χ0n) is 9.97. The highest BCUT2D eigenvalue weighted by Crippen LogP contribution is 2.21. The summed E-state index contributed by atoms with van der Waals surface area (Å²) in [5.74, 6) is -0.827. The number of hydrogen-bond acceptors (Lipinski definition) is 3. The highest BCUT2D eigenvalue weighted by molar-refractivity contribution is 4.56. The molecular formula is C11H24O3. The van der Waals surface area contributed by atoms with E-state index in [-0.39, 0.29) is 0 Å². The molecule has 3 heteroatoms. The maximum Gasteiger partial charge on any atom is 0.282 e. The minimum absolute atomic E-state index is 0.792. The predicted molar refractivity (Wildman–Crippen MR) is 57.1 cm³/mol. The van der Waals surface area contributed by atoms with Crippen LogP contribution in [-0.4, -0.2) is 27.3 Å². The van der Waals surface area contributed by atoms with Gasteiger partial charge in [-0.25, -0.2) is 0 Å². The molecule has 0 spiro atoms. The third-order valence-electron chi connectivity index (χ3n) is 2.52. The van der Waals surface area contributed by atoms with Crippen LogP contribution < -0.4 is 0 Å². The van der Waals surface area contributed by atoms with Crippen LogP contribution in [0.4, 0.5) is 0 Å². The second kappa shape index (κ2) is 8.21. The first-order valence-corrected chi connectivity index (χ1v) is 5.40. The van der Waals surface area contributed by atoms with Crippen LogP contribution in [0.1, 0.15) is 45.4 Å². The Morgan fingerprint density at radius 3 is 1.71 bits per heavy atom. The van der Waals surface area contributed by atoms with E-state index in [2.05, 4.69) is 6.92 Å². The average Bonchev–Trinajstić information content (AvgIpc) is 2.24. The lowest BCUT2D eigenvalue weighted by Crippen LogP contribution is -2.35. The first-order valence-electron chi connectivity index (χ1n) is 5.40. The maximum absolute atomic E-state index is 5.20. The summed E-state index contributed by atoms with van der Waals surface area (Å²) in [5.41, 5.74) is 0. The molecule has 86 valence electrons. The van der Waals surface area contributed by atoms with Crippen LogP contribution >= 0.6 is 0 Å². The quantitative estimate of drug-likeness (QED) is 0.427. The highest BCUT2D eigenvalue weighted by atomic mass is 16.9. The first-order chi connectivity index (χ1) is 6.74. The molecule has 0 aromatic heterocycles. The van der Waals surface area contributed by atoms with Gasteiger partial charge in [-0.1, -0.05) is 32.6 Å². The molecule has 0 aromatic carbocycles. The third-order valence-corrected chi connectivity index (χ3v) is 2.52. The van der Waals surface area contributed by atoms with E-state index < -0.39 is 5.97 Å².